The summed E-state index contributed by atoms with van der Waals surface area (Å²) in [5.74, 6) is 0.709. The Morgan fingerprint density at radius 1 is 1.31 bits per heavy atom. The number of nitrogens with zero attached hydrogens (tertiary/aromatic N) is 3. The second-order valence-electron chi connectivity index (χ2n) is 3.19. The van der Waals surface area contributed by atoms with Gasteiger partial charge in [0, 0.05) is 18.7 Å². The second-order valence-corrected chi connectivity index (χ2v) is 3.19. The molecule has 0 fully saturated rings. The van der Waals surface area contributed by atoms with Crippen molar-refractivity contribution < 1.29 is 0 Å². The molecule has 2 aromatic rings. The Morgan fingerprint density at radius 3 is 2.56 bits per heavy atom. The van der Waals surface area contributed by atoms with Gasteiger partial charge < -0.3 is 0 Å². The van der Waals surface area contributed by atoms with Gasteiger partial charge in [0.15, 0.2) is 0 Å². The highest BCUT2D eigenvalue weighted by Crippen LogP contribution is 2.00. The van der Waals surface area contributed by atoms with Crippen LogP contribution in [0.4, 0.5) is 0 Å². The number of nitrogens with one attached hydrogen (secondary N) is 1. The third kappa shape index (κ3) is 1.90. The van der Waals surface area contributed by atoms with Gasteiger partial charge in [-0.3, -0.25) is 14.3 Å². The molecular formula is C10H10N4O2. The fourth-order valence-corrected chi connectivity index (χ4v) is 1.28. The van der Waals surface area contributed by atoms with Crippen LogP contribution in [0.3, 0.4) is 0 Å². The molecule has 6 nitrogen and oxygen atoms in total. The van der Waals surface area contributed by atoms with Crippen molar-refractivity contribution in [2.45, 2.75) is 13.3 Å². The molecule has 0 unspecified atom stereocenters. The van der Waals surface area contributed by atoms with Crippen molar-refractivity contribution in [1.29, 1.82) is 0 Å². The molecule has 0 spiro atoms. The Balaban J connectivity index is 2.50. The predicted molar refractivity (Wildman–Crippen MR) is 57.6 cm³/mol. The molecule has 2 rings (SSSR count). The third-order valence-corrected chi connectivity index (χ3v) is 2.11. The molecule has 82 valence electrons. The summed E-state index contributed by atoms with van der Waals surface area (Å²) in [4.78, 5) is 32.6. The Hall–Kier alpha value is -2.24. The zero-order chi connectivity index (χ0) is 11.5. The van der Waals surface area contributed by atoms with Crippen molar-refractivity contribution in [1.82, 2.24) is 19.5 Å². The average Bonchev–Trinajstić information content (AvgIpc) is 2.29. The monoisotopic (exact) mass is 218 g/mol. The summed E-state index contributed by atoms with van der Waals surface area (Å²) in [6.45, 7) is 1.95. The van der Waals surface area contributed by atoms with E-state index < -0.39 is 11.2 Å². The second kappa shape index (κ2) is 4.09. The van der Waals surface area contributed by atoms with Gasteiger partial charge in [0.2, 0.25) is 0 Å². The highest BCUT2D eigenvalue weighted by molar-refractivity contribution is 5.24. The van der Waals surface area contributed by atoms with Crippen LogP contribution in [0.1, 0.15) is 12.7 Å². The molecule has 0 aliphatic carbocycles. The van der Waals surface area contributed by atoms with Crippen LogP contribution >= 0.6 is 0 Å². The molecule has 2 aromatic heterocycles. The van der Waals surface area contributed by atoms with E-state index in [1.54, 1.807) is 12.4 Å². The molecule has 0 atom stereocenters. The largest absolute Gasteiger partial charge is 0.333 e. The molecule has 0 saturated heterocycles. The summed E-state index contributed by atoms with van der Waals surface area (Å²) in [6, 6.07) is 1.27. The van der Waals surface area contributed by atoms with E-state index in [-0.39, 0.29) is 0 Å². The predicted octanol–water partition coefficient (Wildman–Crippen LogP) is -0.122. The maximum Gasteiger partial charge on any atom is 0.333 e. The van der Waals surface area contributed by atoms with Crippen LogP contribution in [0.25, 0.3) is 5.69 Å². The van der Waals surface area contributed by atoms with Crippen LogP contribution in [0, 0.1) is 0 Å². The lowest BCUT2D eigenvalue weighted by Crippen LogP contribution is -2.27. The smallest absolute Gasteiger partial charge is 0.274 e. The minimum Gasteiger partial charge on any atom is -0.274 e. The fourth-order valence-electron chi connectivity index (χ4n) is 1.28. The van der Waals surface area contributed by atoms with Gasteiger partial charge in [-0.15, -0.1) is 0 Å². The SMILES string of the molecule is CCc1ncc(-n2ccc(=O)[nH]c2=O)cn1. The first kappa shape index (κ1) is 10.3. The zero-order valence-corrected chi connectivity index (χ0v) is 8.67. The van der Waals surface area contributed by atoms with Crippen LogP contribution in [0.15, 0.2) is 34.2 Å². The van der Waals surface area contributed by atoms with Gasteiger partial charge >= 0.3 is 5.69 Å². The van der Waals surface area contributed by atoms with Crippen LogP contribution in [-0.4, -0.2) is 19.5 Å². The highest BCUT2D eigenvalue weighted by Gasteiger charge is 2.01. The number of hydrogen-bond donors (Lipinski definition) is 1. The van der Waals surface area contributed by atoms with Gasteiger partial charge in [0.25, 0.3) is 5.56 Å². The van der Waals surface area contributed by atoms with Crippen LogP contribution in [0.2, 0.25) is 0 Å². The lowest BCUT2D eigenvalue weighted by atomic mass is 10.4. The molecule has 0 bridgehead atoms. The summed E-state index contributed by atoms with van der Waals surface area (Å²) in [6.07, 6.45) is 5.23. The van der Waals surface area contributed by atoms with Crippen molar-refractivity contribution in [3.8, 4) is 5.69 Å². The van der Waals surface area contributed by atoms with Gasteiger partial charge in [-0.2, -0.15) is 0 Å². The van der Waals surface area contributed by atoms with Gasteiger partial charge in [-0.05, 0) is 0 Å². The van der Waals surface area contributed by atoms with E-state index in [9.17, 15) is 9.59 Å². The summed E-state index contributed by atoms with van der Waals surface area (Å²) >= 11 is 0. The molecule has 0 radical (unpaired) electrons. The number of H-pyrrole nitrogens is 1. The Morgan fingerprint density at radius 2 is 2.00 bits per heavy atom. The average molecular weight is 218 g/mol. The van der Waals surface area contributed by atoms with Gasteiger partial charge in [0.05, 0.1) is 18.1 Å². The Labute approximate surface area is 90.6 Å². The molecule has 0 amide bonds. The van der Waals surface area contributed by atoms with Crippen LogP contribution in [0.5, 0.6) is 0 Å². The van der Waals surface area contributed by atoms with Crippen molar-refractivity contribution in [2.75, 3.05) is 0 Å². The van der Waals surface area contributed by atoms with Crippen LogP contribution < -0.4 is 11.2 Å². The Kier molecular flexibility index (Phi) is 2.63. The maximum atomic E-state index is 11.4. The first-order valence-electron chi connectivity index (χ1n) is 4.84. The molecule has 0 saturated carbocycles. The lowest BCUT2D eigenvalue weighted by molar-refractivity contribution is 0.860. The van der Waals surface area contributed by atoms with Gasteiger partial charge in [-0.1, -0.05) is 6.92 Å². The quantitative estimate of drug-likeness (QED) is 0.761. The summed E-state index contributed by atoms with van der Waals surface area (Å²) in [7, 11) is 0. The van der Waals surface area contributed by atoms with E-state index in [1.807, 2.05) is 6.92 Å². The zero-order valence-electron chi connectivity index (χ0n) is 8.67. The third-order valence-electron chi connectivity index (χ3n) is 2.11. The molecule has 16 heavy (non-hydrogen) atoms. The van der Waals surface area contributed by atoms with Gasteiger partial charge in [-0.25, -0.2) is 14.8 Å². The number of aromatic nitrogens is 4. The standard InChI is InChI=1S/C10H10N4O2/c1-2-8-11-5-7(6-12-8)14-4-3-9(15)13-10(14)16/h3-6H,2H2,1H3,(H,13,15,16). The lowest BCUT2D eigenvalue weighted by Gasteiger charge is -2.03. The van der Waals surface area contributed by atoms with Crippen molar-refractivity contribution in [3.63, 3.8) is 0 Å². The number of aryl methyl sites for hydroxylation is 1. The summed E-state index contributed by atoms with van der Waals surface area (Å²) < 4.78 is 1.28. The van der Waals surface area contributed by atoms with Crippen LogP contribution in [-0.2, 0) is 6.42 Å². The van der Waals surface area contributed by atoms with E-state index in [4.69, 9.17) is 0 Å². The molecular weight excluding hydrogens is 208 g/mol. The fraction of sp³-hybridized carbons (Fsp3) is 0.200. The molecule has 1 N–H and O–H groups in total. The maximum absolute atomic E-state index is 11.4. The van der Waals surface area contributed by atoms with Crippen molar-refractivity contribution >= 4 is 0 Å². The molecule has 0 aromatic carbocycles. The van der Waals surface area contributed by atoms with E-state index in [0.717, 1.165) is 6.42 Å². The normalized spacial score (nSPS) is 10.3. The molecule has 6 heteroatoms. The topological polar surface area (TPSA) is 80.6 Å². The van der Waals surface area contributed by atoms with Crippen molar-refractivity contribution in [2.24, 2.45) is 0 Å². The van der Waals surface area contributed by atoms with Crippen molar-refractivity contribution in [3.05, 3.63) is 51.3 Å². The minimum absolute atomic E-state index is 0.424. The van der Waals surface area contributed by atoms with E-state index in [2.05, 4.69) is 15.0 Å². The molecule has 2 heterocycles. The first-order chi connectivity index (χ1) is 7.70. The van der Waals surface area contributed by atoms with E-state index in [0.29, 0.717) is 11.5 Å². The Bertz CT molecular complexity index is 597. The van der Waals surface area contributed by atoms with Gasteiger partial charge in [0.1, 0.15) is 5.82 Å². The number of aromatic amines is 1. The number of rotatable bonds is 2. The number of hydrogen-bond acceptors (Lipinski definition) is 4. The summed E-state index contributed by atoms with van der Waals surface area (Å²) in [5.41, 5.74) is -0.397. The van der Waals surface area contributed by atoms with E-state index in [1.165, 1.54) is 16.8 Å². The highest BCUT2D eigenvalue weighted by atomic mass is 16.2. The summed E-state index contributed by atoms with van der Waals surface area (Å²) in [5, 5.41) is 0. The van der Waals surface area contributed by atoms with E-state index >= 15 is 0 Å². The first-order valence-corrected chi connectivity index (χ1v) is 4.84. The molecule has 0 aliphatic heterocycles. The molecule has 0 aliphatic rings. The minimum atomic E-state index is -0.500.